The van der Waals surface area contributed by atoms with Crippen molar-refractivity contribution in [2.24, 2.45) is 0 Å². The van der Waals surface area contributed by atoms with Crippen molar-refractivity contribution in [3.05, 3.63) is 48.5 Å². The first-order valence-corrected chi connectivity index (χ1v) is 8.13. The summed E-state index contributed by atoms with van der Waals surface area (Å²) in [5, 5.41) is 6.94. The minimum absolute atomic E-state index is 0.0727. The van der Waals surface area contributed by atoms with Crippen LogP contribution in [0.3, 0.4) is 0 Å². The normalized spacial score (nSPS) is 12.0. The van der Waals surface area contributed by atoms with Crippen LogP contribution in [0.4, 0.5) is 24.8 Å². The van der Waals surface area contributed by atoms with Crippen LogP contribution in [0.15, 0.2) is 48.5 Å². The molecule has 0 saturated carbocycles. The monoisotopic (exact) mass is 391 g/mol. The molecule has 0 aliphatic rings. The van der Waals surface area contributed by atoms with Crippen LogP contribution >= 0.6 is 0 Å². The Morgan fingerprint density at radius 3 is 2.32 bits per heavy atom. The fourth-order valence-electron chi connectivity index (χ4n) is 2.33. The highest BCUT2D eigenvalue weighted by Gasteiger charge is 2.21. The number of carbonyl (C=O) groups excluding carboxylic acids is 1. The zero-order valence-corrected chi connectivity index (χ0v) is 14.6. The van der Waals surface area contributed by atoms with E-state index in [0.29, 0.717) is 22.8 Å². The van der Waals surface area contributed by atoms with Gasteiger partial charge in [0.2, 0.25) is 11.9 Å². The van der Waals surface area contributed by atoms with Crippen molar-refractivity contribution in [2.75, 3.05) is 11.1 Å². The van der Waals surface area contributed by atoms with Gasteiger partial charge in [0.15, 0.2) is 5.82 Å². The van der Waals surface area contributed by atoms with Crippen LogP contribution in [0.5, 0.6) is 5.75 Å². The lowest BCUT2D eigenvalue weighted by Gasteiger charge is -2.11. The molecule has 1 heterocycles. The molecule has 0 fully saturated rings. The zero-order valence-electron chi connectivity index (χ0n) is 14.6. The van der Waals surface area contributed by atoms with E-state index in [9.17, 15) is 18.0 Å². The first-order chi connectivity index (χ1) is 13.3. The number of anilines is 2. The number of nitrogens with one attached hydrogen (secondary N) is 1. The van der Waals surface area contributed by atoms with Gasteiger partial charge in [0, 0.05) is 18.2 Å². The number of alkyl halides is 3. The van der Waals surface area contributed by atoms with Crippen molar-refractivity contribution in [1.29, 1.82) is 0 Å². The van der Waals surface area contributed by atoms with E-state index in [1.807, 2.05) is 0 Å². The number of halogens is 3. The Balaban J connectivity index is 1.93. The summed E-state index contributed by atoms with van der Waals surface area (Å²) in [4.78, 5) is 15.8. The molecule has 2 aromatic carbocycles. The SMILES string of the molecule is CC(=O)Nc1nc(-c2ccc(N)cc2)nn1-c1ccc(OC(F)C(F)F)cc1. The molecule has 146 valence electrons. The van der Waals surface area contributed by atoms with Crippen molar-refractivity contribution in [2.45, 2.75) is 19.7 Å². The second-order valence-corrected chi connectivity index (χ2v) is 5.77. The summed E-state index contributed by atoms with van der Waals surface area (Å²) in [6.45, 7) is 1.32. The van der Waals surface area contributed by atoms with E-state index < -0.39 is 12.8 Å². The molecule has 10 heteroatoms. The molecule has 0 spiro atoms. The molecule has 0 bridgehead atoms. The Morgan fingerprint density at radius 1 is 1.11 bits per heavy atom. The van der Waals surface area contributed by atoms with Gasteiger partial charge in [0.1, 0.15) is 5.75 Å². The third-order valence-corrected chi connectivity index (χ3v) is 3.59. The number of hydrogen-bond donors (Lipinski definition) is 2. The van der Waals surface area contributed by atoms with Crippen molar-refractivity contribution < 1.29 is 22.7 Å². The van der Waals surface area contributed by atoms with Gasteiger partial charge in [0.05, 0.1) is 5.69 Å². The van der Waals surface area contributed by atoms with E-state index in [-0.39, 0.29) is 17.6 Å². The van der Waals surface area contributed by atoms with Gasteiger partial charge < -0.3 is 10.5 Å². The number of ether oxygens (including phenoxy) is 1. The molecule has 1 atom stereocenters. The number of carbonyl (C=O) groups is 1. The second-order valence-electron chi connectivity index (χ2n) is 5.77. The van der Waals surface area contributed by atoms with Crippen molar-refractivity contribution in [1.82, 2.24) is 14.8 Å². The molecule has 0 aliphatic heterocycles. The van der Waals surface area contributed by atoms with Gasteiger partial charge in [-0.2, -0.15) is 14.1 Å². The lowest BCUT2D eigenvalue weighted by Crippen LogP contribution is -2.19. The Labute approximate surface area is 157 Å². The quantitative estimate of drug-likeness (QED) is 0.628. The van der Waals surface area contributed by atoms with Crippen LogP contribution in [0, 0.1) is 0 Å². The van der Waals surface area contributed by atoms with Gasteiger partial charge in [-0.3, -0.25) is 10.1 Å². The number of amides is 1. The smallest absolute Gasteiger partial charge is 0.304 e. The maximum absolute atomic E-state index is 13.0. The second kappa shape index (κ2) is 7.99. The lowest BCUT2D eigenvalue weighted by atomic mass is 10.2. The summed E-state index contributed by atoms with van der Waals surface area (Å²) in [6.07, 6.45) is -5.96. The summed E-state index contributed by atoms with van der Waals surface area (Å²) < 4.78 is 43.4. The van der Waals surface area contributed by atoms with Gasteiger partial charge in [-0.1, -0.05) is 0 Å². The lowest BCUT2D eigenvalue weighted by molar-refractivity contribution is -0.114. The number of nitrogens with two attached hydrogens (primary N) is 1. The van der Waals surface area contributed by atoms with Crippen molar-refractivity contribution >= 4 is 17.5 Å². The molecule has 0 radical (unpaired) electrons. The van der Waals surface area contributed by atoms with Crippen molar-refractivity contribution in [3.8, 4) is 22.8 Å². The van der Waals surface area contributed by atoms with Gasteiger partial charge in [-0.25, -0.2) is 8.78 Å². The highest BCUT2D eigenvalue weighted by molar-refractivity contribution is 5.87. The number of rotatable bonds is 6. The Bertz CT molecular complexity index is 958. The number of benzene rings is 2. The predicted octanol–water partition coefficient (Wildman–Crippen LogP) is 3.41. The number of hydrogen-bond acceptors (Lipinski definition) is 5. The number of nitrogen functional groups attached to an aromatic ring is 1. The molecule has 0 aliphatic carbocycles. The standard InChI is InChI=1S/C18H16F3N5O2/c1-10(27)23-18-24-17(11-2-4-12(22)5-3-11)25-26(18)13-6-8-14(9-7-13)28-16(21)15(19)20/h2-9,15-16H,22H2,1H3,(H,23,24,25,27). The maximum atomic E-state index is 13.0. The van der Waals surface area contributed by atoms with Gasteiger partial charge in [-0.05, 0) is 48.5 Å². The molecular formula is C18H16F3N5O2. The van der Waals surface area contributed by atoms with E-state index in [0.717, 1.165) is 0 Å². The Kier molecular flexibility index (Phi) is 5.48. The van der Waals surface area contributed by atoms with Crippen molar-refractivity contribution in [3.63, 3.8) is 0 Å². The minimum Gasteiger partial charge on any atom is -0.454 e. The maximum Gasteiger partial charge on any atom is 0.304 e. The van der Waals surface area contributed by atoms with E-state index in [2.05, 4.69) is 20.1 Å². The zero-order chi connectivity index (χ0) is 20.3. The topological polar surface area (TPSA) is 95.1 Å². The highest BCUT2D eigenvalue weighted by Crippen LogP contribution is 2.24. The fraction of sp³-hybridized carbons (Fsp3) is 0.167. The molecule has 1 aromatic heterocycles. The largest absolute Gasteiger partial charge is 0.454 e. The summed E-state index contributed by atoms with van der Waals surface area (Å²) in [7, 11) is 0. The average molecular weight is 391 g/mol. The van der Waals surface area contributed by atoms with E-state index in [4.69, 9.17) is 5.73 Å². The Hall–Kier alpha value is -3.56. The molecule has 28 heavy (non-hydrogen) atoms. The number of nitrogens with zero attached hydrogens (tertiary/aromatic N) is 3. The molecule has 3 rings (SSSR count). The van der Waals surface area contributed by atoms with Gasteiger partial charge in [-0.15, -0.1) is 5.10 Å². The van der Waals surface area contributed by atoms with Crippen LogP contribution < -0.4 is 15.8 Å². The first kappa shape index (κ1) is 19.2. The van der Waals surface area contributed by atoms with Gasteiger partial charge >= 0.3 is 6.43 Å². The molecule has 1 amide bonds. The molecule has 0 saturated heterocycles. The fourth-order valence-corrected chi connectivity index (χ4v) is 2.33. The first-order valence-electron chi connectivity index (χ1n) is 8.13. The third-order valence-electron chi connectivity index (χ3n) is 3.59. The summed E-state index contributed by atoms with van der Waals surface area (Å²) in [5.74, 6) is 0.0701. The summed E-state index contributed by atoms with van der Waals surface area (Å²) >= 11 is 0. The molecule has 1 unspecified atom stereocenters. The highest BCUT2D eigenvalue weighted by atomic mass is 19.3. The van der Waals surface area contributed by atoms with Gasteiger partial charge in [0.25, 0.3) is 6.36 Å². The number of aromatic nitrogens is 3. The van der Waals surface area contributed by atoms with Crippen LogP contribution in [0.25, 0.3) is 17.1 Å². The summed E-state index contributed by atoms with van der Waals surface area (Å²) in [5.41, 5.74) is 7.39. The van der Waals surface area contributed by atoms with E-state index in [1.165, 1.54) is 35.9 Å². The molecule has 7 nitrogen and oxygen atoms in total. The molecular weight excluding hydrogens is 375 g/mol. The third kappa shape index (κ3) is 4.40. The van der Waals surface area contributed by atoms with Crippen LogP contribution in [0.2, 0.25) is 0 Å². The van der Waals surface area contributed by atoms with E-state index in [1.54, 1.807) is 24.3 Å². The van der Waals surface area contributed by atoms with Crippen LogP contribution in [-0.2, 0) is 4.79 Å². The van der Waals surface area contributed by atoms with Crippen LogP contribution in [0.1, 0.15) is 6.92 Å². The predicted molar refractivity (Wildman–Crippen MR) is 97.0 cm³/mol. The average Bonchev–Trinajstić information content (AvgIpc) is 3.06. The summed E-state index contributed by atoms with van der Waals surface area (Å²) in [6, 6.07) is 12.4. The van der Waals surface area contributed by atoms with Crippen LogP contribution in [-0.4, -0.2) is 33.5 Å². The minimum atomic E-state index is -3.25. The Morgan fingerprint density at radius 2 is 1.75 bits per heavy atom. The van der Waals surface area contributed by atoms with E-state index >= 15 is 0 Å². The molecule has 3 aromatic rings. The molecule has 3 N–H and O–H groups in total.